The molecule has 2 heterocycles. The van der Waals surface area contributed by atoms with Gasteiger partial charge in [-0.25, -0.2) is 9.97 Å². The first-order chi connectivity index (χ1) is 6.20. The summed E-state index contributed by atoms with van der Waals surface area (Å²) in [7, 11) is 0. The van der Waals surface area contributed by atoms with Crippen LogP contribution in [0.5, 0.6) is 0 Å². The highest BCUT2D eigenvalue weighted by Crippen LogP contribution is 2.25. The van der Waals surface area contributed by atoms with Crippen LogP contribution in [0, 0.1) is 6.92 Å². The van der Waals surface area contributed by atoms with Crippen LogP contribution in [0.2, 0.25) is 0 Å². The molecule has 0 saturated heterocycles. The summed E-state index contributed by atoms with van der Waals surface area (Å²) < 4.78 is 0.896. The highest BCUT2D eigenvalue weighted by atomic mass is 32.1. The lowest BCUT2D eigenvalue weighted by atomic mass is 10.2. The summed E-state index contributed by atoms with van der Waals surface area (Å²) in [4.78, 5) is 19.3. The quantitative estimate of drug-likeness (QED) is 0.650. The average Bonchev–Trinajstić information content (AvgIpc) is 2.48. The molecule has 2 aromatic rings. The molecule has 0 aliphatic heterocycles. The fourth-order valence-corrected chi connectivity index (χ4v) is 2.26. The Morgan fingerprint density at radius 1 is 1.46 bits per heavy atom. The summed E-state index contributed by atoms with van der Waals surface area (Å²) >= 11 is 1.52. The molecule has 0 unspecified atom stereocenters. The molecule has 0 aromatic carbocycles. The third-order valence-corrected chi connectivity index (χ3v) is 2.96. The molecule has 2 aromatic heterocycles. The van der Waals surface area contributed by atoms with E-state index in [0.717, 1.165) is 15.8 Å². The van der Waals surface area contributed by atoms with Crippen LogP contribution in [0.15, 0.2) is 11.7 Å². The van der Waals surface area contributed by atoms with Gasteiger partial charge in [-0.05, 0) is 17.9 Å². The lowest BCUT2D eigenvalue weighted by Crippen LogP contribution is -1.97. The van der Waals surface area contributed by atoms with Crippen LogP contribution in [0.25, 0.3) is 10.2 Å². The lowest BCUT2D eigenvalue weighted by Gasteiger charge is -1.95. The molecule has 0 saturated carbocycles. The van der Waals surface area contributed by atoms with Crippen molar-refractivity contribution < 1.29 is 4.79 Å². The van der Waals surface area contributed by atoms with Crippen molar-refractivity contribution in [1.82, 2.24) is 9.97 Å². The third kappa shape index (κ3) is 1.23. The van der Waals surface area contributed by atoms with Crippen molar-refractivity contribution in [3.05, 3.63) is 23.0 Å². The molecule has 0 spiro atoms. The Bertz CT molecular complexity index is 475. The van der Waals surface area contributed by atoms with Crippen molar-refractivity contribution in [2.24, 2.45) is 0 Å². The van der Waals surface area contributed by atoms with Crippen LogP contribution >= 0.6 is 11.3 Å². The molecule has 0 fully saturated rings. The predicted molar refractivity (Wildman–Crippen MR) is 52.2 cm³/mol. The van der Waals surface area contributed by atoms with Gasteiger partial charge < -0.3 is 0 Å². The number of carbonyl (C=O) groups excluding carboxylic acids is 1. The second kappa shape index (κ2) is 2.88. The van der Waals surface area contributed by atoms with Gasteiger partial charge in [-0.3, -0.25) is 4.79 Å². The number of aromatic nitrogens is 2. The van der Waals surface area contributed by atoms with Crippen LogP contribution in [0.3, 0.4) is 0 Å². The van der Waals surface area contributed by atoms with Crippen LogP contribution in [0.1, 0.15) is 23.0 Å². The number of aryl methyl sites for hydroxylation is 1. The SMILES string of the molecule is CC(=O)c1ncnc2c(C)csc12. The normalized spacial score (nSPS) is 10.6. The Labute approximate surface area is 79.4 Å². The molecule has 4 heteroatoms. The van der Waals surface area contributed by atoms with Gasteiger partial charge in [0.25, 0.3) is 0 Å². The summed E-state index contributed by atoms with van der Waals surface area (Å²) in [6, 6.07) is 0. The van der Waals surface area contributed by atoms with Gasteiger partial charge >= 0.3 is 0 Å². The van der Waals surface area contributed by atoms with Gasteiger partial charge in [0.2, 0.25) is 0 Å². The maximum absolute atomic E-state index is 11.2. The molecular formula is C9H8N2OS. The molecule has 0 aliphatic carbocycles. The predicted octanol–water partition coefficient (Wildman–Crippen LogP) is 2.20. The van der Waals surface area contributed by atoms with Gasteiger partial charge in [-0.2, -0.15) is 0 Å². The highest BCUT2D eigenvalue weighted by Gasteiger charge is 2.10. The number of Topliss-reactive ketones (excluding diaryl/α,β-unsaturated/α-hetero) is 1. The van der Waals surface area contributed by atoms with Crippen LogP contribution in [-0.2, 0) is 0 Å². The molecule has 66 valence electrons. The summed E-state index contributed by atoms with van der Waals surface area (Å²) in [5, 5.41) is 1.99. The Morgan fingerprint density at radius 2 is 2.23 bits per heavy atom. The van der Waals surface area contributed by atoms with E-state index in [2.05, 4.69) is 9.97 Å². The second-order valence-corrected chi connectivity index (χ2v) is 3.75. The van der Waals surface area contributed by atoms with Gasteiger partial charge in [0, 0.05) is 6.92 Å². The van der Waals surface area contributed by atoms with Crippen LogP contribution < -0.4 is 0 Å². The lowest BCUT2D eigenvalue weighted by molar-refractivity contribution is 0.101. The molecule has 3 nitrogen and oxygen atoms in total. The van der Waals surface area contributed by atoms with E-state index < -0.39 is 0 Å². The minimum Gasteiger partial charge on any atom is -0.293 e. The first-order valence-electron chi connectivity index (χ1n) is 3.90. The Hall–Kier alpha value is -1.29. The van der Waals surface area contributed by atoms with Crippen molar-refractivity contribution in [3.8, 4) is 0 Å². The second-order valence-electron chi connectivity index (χ2n) is 2.87. The largest absolute Gasteiger partial charge is 0.293 e. The zero-order chi connectivity index (χ0) is 9.42. The van der Waals surface area contributed by atoms with Gasteiger partial charge in [-0.1, -0.05) is 0 Å². The molecule has 0 amide bonds. The molecule has 2 rings (SSSR count). The van der Waals surface area contributed by atoms with E-state index in [9.17, 15) is 4.79 Å². The fraction of sp³-hybridized carbons (Fsp3) is 0.222. The number of ketones is 1. The van der Waals surface area contributed by atoms with Crippen molar-refractivity contribution in [2.45, 2.75) is 13.8 Å². The van der Waals surface area contributed by atoms with E-state index in [0.29, 0.717) is 5.69 Å². The van der Waals surface area contributed by atoms with Crippen LogP contribution in [-0.4, -0.2) is 15.8 Å². The summed E-state index contributed by atoms with van der Waals surface area (Å²) in [6.07, 6.45) is 1.44. The number of rotatable bonds is 1. The van der Waals surface area contributed by atoms with E-state index in [-0.39, 0.29) is 5.78 Å². The number of hydrogen-bond acceptors (Lipinski definition) is 4. The third-order valence-electron chi connectivity index (χ3n) is 1.86. The minimum absolute atomic E-state index is 0.00532. The number of hydrogen-bond donors (Lipinski definition) is 0. The van der Waals surface area contributed by atoms with Crippen molar-refractivity contribution >= 4 is 27.3 Å². The molecule has 13 heavy (non-hydrogen) atoms. The van der Waals surface area contributed by atoms with E-state index in [1.807, 2.05) is 12.3 Å². The van der Waals surface area contributed by atoms with E-state index in [1.165, 1.54) is 24.6 Å². The summed E-state index contributed by atoms with van der Waals surface area (Å²) in [6.45, 7) is 3.51. The Balaban J connectivity index is 2.84. The zero-order valence-electron chi connectivity index (χ0n) is 7.37. The van der Waals surface area contributed by atoms with Gasteiger partial charge in [0.05, 0.1) is 10.2 Å². The van der Waals surface area contributed by atoms with E-state index in [4.69, 9.17) is 0 Å². The Kier molecular flexibility index (Phi) is 1.84. The topological polar surface area (TPSA) is 42.9 Å². The van der Waals surface area contributed by atoms with Crippen molar-refractivity contribution in [1.29, 1.82) is 0 Å². The summed E-state index contributed by atoms with van der Waals surface area (Å²) in [5.74, 6) is -0.00532. The first-order valence-corrected chi connectivity index (χ1v) is 4.78. The van der Waals surface area contributed by atoms with Gasteiger partial charge in [0.1, 0.15) is 12.0 Å². The molecule has 0 N–H and O–H groups in total. The monoisotopic (exact) mass is 192 g/mol. The number of fused-ring (bicyclic) bond motifs is 1. The molecule has 0 radical (unpaired) electrons. The fourth-order valence-electron chi connectivity index (χ4n) is 1.22. The number of carbonyl (C=O) groups is 1. The van der Waals surface area contributed by atoms with Crippen molar-refractivity contribution in [3.63, 3.8) is 0 Å². The Morgan fingerprint density at radius 3 is 2.92 bits per heavy atom. The van der Waals surface area contributed by atoms with Gasteiger partial charge in [-0.15, -0.1) is 11.3 Å². The van der Waals surface area contributed by atoms with Crippen molar-refractivity contribution in [2.75, 3.05) is 0 Å². The summed E-state index contributed by atoms with van der Waals surface area (Å²) in [5.41, 5.74) is 2.53. The van der Waals surface area contributed by atoms with Gasteiger partial charge in [0.15, 0.2) is 5.78 Å². The maximum Gasteiger partial charge on any atom is 0.179 e. The average molecular weight is 192 g/mol. The number of thiophene rings is 1. The zero-order valence-corrected chi connectivity index (χ0v) is 8.18. The molecule has 0 bridgehead atoms. The minimum atomic E-state index is -0.00532. The number of nitrogens with zero attached hydrogens (tertiary/aromatic N) is 2. The highest BCUT2D eigenvalue weighted by molar-refractivity contribution is 7.17. The molecular weight excluding hydrogens is 184 g/mol. The van der Waals surface area contributed by atoms with Crippen LogP contribution in [0.4, 0.5) is 0 Å². The molecule has 0 aliphatic rings. The standard InChI is InChI=1S/C9H8N2OS/c1-5-3-13-9-7(5)10-4-11-8(9)6(2)12/h3-4H,1-2H3. The maximum atomic E-state index is 11.2. The van der Waals surface area contributed by atoms with E-state index in [1.54, 1.807) is 0 Å². The first kappa shape index (κ1) is 8.31. The molecule has 0 atom stereocenters. The smallest absolute Gasteiger partial charge is 0.179 e. The van der Waals surface area contributed by atoms with E-state index >= 15 is 0 Å².